The molecule has 0 saturated carbocycles. The Bertz CT molecular complexity index is 871. The Hall–Kier alpha value is -2.99. The first kappa shape index (κ1) is 17.8. The summed E-state index contributed by atoms with van der Waals surface area (Å²) in [7, 11) is 1.59. The Balaban J connectivity index is 1.53. The van der Waals surface area contributed by atoms with Gasteiger partial charge in [0.25, 0.3) is 5.91 Å². The highest BCUT2D eigenvalue weighted by Crippen LogP contribution is 2.22. The molecule has 0 aliphatic rings. The Kier molecular flexibility index (Phi) is 5.76. The first-order chi connectivity index (χ1) is 12.7. The number of amides is 1. The Morgan fingerprint density at radius 3 is 2.38 bits per heavy atom. The van der Waals surface area contributed by atoms with Crippen LogP contribution < -0.4 is 10.1 Å². The minimum Gasteiger partial charge on any atom is -0.497 e. The number of ketones is 1. The van der Waals surface area contributed by atoms with Gasteiger partial charge in [-0.15, -0.1) is 11.8 Å². The van der Waals surface area contributed by atoms with E-state index in [1.165, 1.54) is 18.0 Å². The Morgan fingerprint density at radius 2 is 1.77 bits per heavy atom. The van der Waals surface area contributed by atoms with Gasteiger partial charge in [0, 0.05) is 16.1 Å². The molecule has 132 valence electrons. The normalized spacial score (nSPS) is 10.3. The van der Waals surface area contributed by atoms with Crippen LogP contribution in [0, 0.1) is 0 Å². The van der Waals surface area contributed by atoms with Crippen LogP contribution in [0.1, 0.15) is 20.9 Å². The van der Waals surface area contributed by atoms with Crippen LogP contribution in [-0.2, 0) is 0 Å². The van der Waals surface area contributed by atoms with Gasteiger partial charge >= 0.3 is 0 Å². The van der Waals surface area contributed by atoms with Crippen LogP contribution in [0.3, 0.4) is 0 Å². The quantitative estimate of drug-likeness (QED) is 0.491. The van der Waals surface area contributed by atoms with Gasteiger partial charge < -0.3 is 14.5 Å². The van der Waals surface area contributed by atoms with Crippen molar-refractivity contribution < 1.29 is 18.7 Å². The average Bonchev–Trinajstić information content (AvgIpc) is 3.22. The van der Waals surface area contributed by atoms with Crippen LogP contribution in [0.5, 0.6) is 5.75 Å². The van der Waals surface area contributed by atoms with Crippen molar-refractivity contribution in [1.82, 2.24) is 0 Å². The predicted octanol–water partition coefficient (Wildman–Crippen LogP) is 4.52. The van der Waals surface area contributed by atoms with Crippen LogP contribution in [0.2, 0.25) is 0 Å². The van der Waals surface area contributed by atoms with Crippen molar-refractivity contribution in [2.75, 3.05) is 18.2 Å². The molecule has 0 aliphatic carbocycles. The average molecular weight is 367 g/mol. The molecule has 0 radical (unpaired) electrons. The number of Topliss-reactive ketones (excluding diaryl/α,β-unsaturated/α-hetero) is 1. The van der Waals surface area contributed by atoms with Gasteiger partial charge in [0.2, 0.25) is 0 Å². The van der Waals surface area contributed by atoms with E-state index in [0.717, 1.165) is 10.6 Å². The summed E-state index contributed by atoms with van der Waals surface area (Å²) in [5, 5.41) is 2.75. The molecule has 0 spiro atoms. The number of carbonyl (C=O) groups is 2. The van der Waals surface area contributed by atoms with Gasteiger partial charge in [-0.25, -0.2) is 0 Å². The molecule has 0 fully saturated rings. The van der Waals surface area contributed by atoms with Gasteiger partial charge in [-0.1, -0.05) is 0 Å². The van der Waals surface area contributed by atoms with Crippen molar-refractivity contribution in [2.24, 2.45) is 0 Å². The summed E-state index contributed by atoms with van der Waals surface area (Å²) in [6.07, 6.45) is 1.45. The number of ether oxygens (including phenoxy) is 1. The number of hydrogen-bond acceptors (Lipinski definition) is 5. The summed E-state index contributed by atoms with van der Waals surface area (Å²) in [6.45, 7) is 0. The van der Waals surface area contributed by atoms with E-state index in [1.54, 1.807) is 55.6 Å². The number of furan rings is 1. The van der Waals surface area contributed by atoms with Crippen LogP contribution in [0.25, 0.3) is 0 Å². The smallest absolute Gasteiger partial charge is 0.291 e. The van der Waals surface area contributed by atoms with Crippen LogP contribution in [0.4, 0.5) is 5.69 Å². The van der Waals surface area contributed by atoms with Crippen LogP contribution in [-0.4, -0.2) is 24.6 Å². The molecule has 3 rings (SSSR count). The van der Waals surface area contributed by atoms with Crippen LogP contribution >= 0.6 is 11.8 Å². The fraction of sp³-hybridized carbons (Fsp3) is 0.100. The van der Waals surface area contributed by atoms with E-state index in [-0.39, 0.29) is 17.5 Å². The topological polar surface area (TPSA) is 68.5 Å². The number of anilines is 1. The van der Waals surface area contributed by atoms with E-state index < -0.39 is 0 Å². The summed E-state index contributed by atoms with van der Waals surface area (Å²) in [5.74, 6) is 1.07. The molecular weight excluding hydrogens is 350 g/mol. The van der Waals surface area contributed by atoms with Crippen molar-refractivity contribution in [1.29, 1.82) is 0 Å². The maximum absolute atomic E-state index is 12.2. The number of methoxy groups -OCH3 is 1. The molecule has 3 aromatic rings. The standard InChI is InChI=1S/C20H17NO4S/c1-24-16-8-4-14(5-9-16)18(22)13-26-17-10-6-15(7-11-17)21-20(23)19-3-2-12-25-19/h2-12H,13H2,1H3,(H,21,23). The number of hydrogen-bond donors (Lipinski definition) is 1. The molecule has 1 N–H and O–H groups in total. The van der Waals surface area contributed by atoms with Crippen molar-refractivity contribution in [3.8, 4) is 5.75 Å². The second-order valence-electron chi connectivity index (χ2n) is 5.40. The second kappa shape index (κ2) is 8.40. The molecule has 5 nitrogen and oxygen atoms in total. The summed E-state index contributed by atoms with van der Waals surface area (Å²) < 4.78 is 10.1. The van der Waals surface area contributed by atoms with Gasteiger partial charge in [-0.05, 0) is 60.7 Å². The van der Waals surface area contributed by atoms with Gasteiger partial charge in [0.05, 0.1) is 19.1 Å². The monoisotopic (exact) mass is 367 g/mol. The lowest BCUT2D eigenvalue weighted by Crippen LogP contribution is -2.10. The highest BCUT2D eigenvalue weighted by molar-refractivity contribution is 8.00. The van der Waals surface area contributed by atoms with Crippen molar-refractivity contribution in [3.63, 3.8) is 0 Å². The fourth-order valence-electron chi connectivity index (χ4n) is 2.24. The van der Waals surface area contributed by atoms with Crippen molar-refractivity contribution in [2.45, 2.75) is 4.90 Å². The summed E-state index contributed by atoms with van der Waals surface area (Å²) in [5.41, 5.74) is 1.32. The molecule has 0 atom stereocenters. The Labute approximate surface area is 155 Å². The maximum Gasteiger partial charge on any atom is 0.291 e. The summed E-state index contributed by atoms with van der Waals surface area (Å²) in [4.78, 5) is 25.1. The van der Waals surface area contributed by atoms with E-state index in [2.05, 4.69) is 5.32 Å². The zero-order valence-corrected chi connectivity index (χ0v) is 14.9. The van der Waals surface area contributed by atoms with E-state index in [1.807, 2.05) is 12.1 Å². The first-order valence-electron chi connectivity index (χ1n) is 7.90. The summed E-state index contributed by atoms with van der Waals surface area (Å²) >= 11 is 1.45. The molecule has 0 bridgehead atoms. The fourth-order valence-corrected chi connectivity index (χ4v) is 3.04. The maximum atomic E-state index is 12.2. The van der Waals surface area contributed by atoms with Crippen LogP contribution in [0.15, 0.2) is 76.2 Å². The minimum atomic E-state index is -0.301. The van der Waals surface area contributed by atoms with E-state index in [4.69, 9.17) is 9.15 Å². The third-order valence-corrected chi connectivity index (χ3v) is 4.65. The number of carbonyl (C=O) groups excluding carboxylic acids is 2. The molecule has 1 amide bonds. The molecule has 26 heavy (non-hydrogen) atoms. The zero-order chi connectivity index (χ0) is 18.4. The molecule has 0 saturated heterocycles. The molecule has 0 aliphatic heterocycles. The number of nitrogens with one attached hydrogen (secondary N) is 1. The van der Waals surface area contributed by atoms with Gasteiger partial charge in [-0.3, -0.25) is 9.59 Å². The van der Waals surface area contributed by atoms with Gasteiger partial charge in [0.15, 0.2) is 11.5 Å². The van der Waals surface area contributed by atoms with Gasteiger partial charge in [-0.2, -0.15) is 0 Å². The highest BCUT2D eigenvalue weighted by Gasteiger charge is 2.09. The molecule has 2 aromatic carbocycles. The number of rotatable bonds is 7. The number of benzene rings is 2. The van der Waals surface area contributed by atoms with E-state index >= 15 is 0 Å². The zero-order valence-electron chi connectivity index (χ0n) is 14.1. The largest absolute Gasteiger partial charge is 0.497 e. The van der Waals surface area contributed by atoms with Gasteiger partial charge in [0.1, 0.15) is 5.75 Å². The molecule has 1 heterocycles. The first-order valence-corrected chi connectivity index (χ1v) is 8.89. The summed E-state index contributed by atoms with van der Waals surface area (Å²) in [6, 6.07) is 17.6. The third kappa shape index (κ3) is 4.55. The third-order valence-electron chi connectivity index (χ3n) is 3.64. The predicted molar refractivity (Wildman–Crippen MR) is 101 cm³/mol. The Morgan fingerprint density at radius 1 is 1.04 bits per heavy atom. The molecular formula is C20H17NO4S. The number of thioether (sulfide) groups is 1. The lowest BCUT2D eigenvalue weighted by Gasteiger charge is -2.06. The lowest BCUT2D eigenvalue weighted by molar-refractivity contribution is 0.0994. The minimum absolute atomic E-state index is 0.0489. The highest BCUT2D eigenvalue weighted by atomic mass is 32.2. The van der Waals surface area contributed by atoms with Crippen molar-refractivity contribution >= 4 is 29.1 Å². The lowest BCUT2D eigenvalue weighted by atomic mass is 10.1. The molecule has 6 heteroatoms. The van der Waals surface area contributed by atoms with E-state index in [9.17, 15) is 9.59 Å². The SMILES string of the molecule is COc1ccc(C(=O)CSc2ccc(NC(=O)c3ccco3)cc2)cc1. The van der Waals surface area contributed by atoms with Crippen molar-refractivity contribution in [3.05, 3.63) is 78.3 Å². The van der Waals surface area contributed by atoms with E-state index in [0.29, 0.717) is 17.0 Å². The molecule has 0 unspecified atom stereocenters. The second-order valence-corrected chi connectivity index (χ2v) is 6.44. The molecule has 1 aromatic heterocycles.